The normalized spacial score (nSPS) is 20.2. The number of carbonyl (C=O) groups is 1. The van der Waals surface area contributed by atoms with Gasteiger partial charge in [-0.1, -0.05) is 154 Å². The topological polar surface area (TPSA) is 72.5 Å². The molecule has 7 nitrogen and oxygen atoms in total. The van der Waals surface area contributed by atoms with E-state index in [4.69, 9.17) is 28.4 Å². The van der Waals surface area contributed by atoms with Crippen LogP contribution in [0.5, 0.6) is 0 Å². The Kier molecular flexibility index (Phi) is 16.7. The average molecular weight is 695 g/mol. The summed E-state index contributed by atoms with van der Waals surface area (Å²) in [7, 11) is 0. The van der Waals surface area contributed by atoms with Gasteiger partial charge < -0.3 is 28.4 Å². The number of rotatable bonds is 22. The van der Waals surface area contributed by atoms with Crippen molar-refractivity contribution in [2.45, 2.75) is 109 Å². The Hall–Kier alpha value is -3.85. The summed E-state index contributed by atoms with van der Waals surface area (Å²) in [4.78, 5) is 12.7. The highest BCUT2D eigenvalue weighted by atomic mass is 16.6. The number of benzene rings is 4. The molecule has 1 saturated heterocycles. The SMILES string of the molecule is CCCCCCCC(=O)OCC[C@@H]1OC(COCc2ccccc2)[C@@H](OCc2ccccc2)[C@H](OCc2ccccc2)C1OCc1ccccc1. The fourth-order valence-corrected chi connectivity index (χ4v) is 6.35. The predicted octanol–water partition coefficient (Wildman–Crippen LogP) is 9.02. The van der Waals surface area contributed by atoms with E-state index >= 15 is 0 Å². The van der Waals surface area contributed by atoms with E-state index < -0.39 is 30.5 Å². The lowest BCUT2D eigenvalue weighted by molar-refractivity contribution is -0.274. The summed E-state index contributed by atoms with van der Waals surface area (Å²) >= 11 is 0. The van der Waals surface area contributed by atoms with Crippen molar-refractivity contribution in [3.63, 3.8) is 0 Å². The molecule has 0 radical (unpaired) electrons. The summed E-state index contributed by atoms with van der Waals surface area (Å²) < 4.78 is 39.2. The minimum Gasteiger partial charge on any atom is -0.466 e. The van der Waals surface area contributed by atoms with Crippen LogP contribution in [0.2, 0.25) is 0 Å². The molecule has 0 N–H and O–H groups in total. The summed E-state index contributed by atoms with van der Waals surface area (Å²) in [5, 5.41) is 0. The molecule has 1 aliphatic rings. The molecule has 7 heteroatoms. The smallest absolute Gasteiger partial charge is 0.305 e. The van der Waals surface area contributed by atoms with Gasteiger partial charge in [-0.25, -0.2) is 0 Å². The van der Waals surface area contributed by atoms with Gasteiger partial charge in [0.1, 0.15) is 24.4 Å². The molecule has 4 aromatic rings. The average Bonchev–Trinajstić information content (AvgIpc) is 3.17. The van der Waals surface area contributed by atoms with Gasteiger partial charge in [-0.2, -0.15) is 0 Å². The molecule has 2 unspecified atom stereocenters. The molecule has 0 spiro atoms. The van der Waals surface area contributed by atoms with Crippen molar-refractivity contribution in [3.05, 3.63) is 144 Å². The van der Waals surface area contributed by atoms with Crippen LogP contribution < -0.4 is 0 Å². The second-order valence-corrected chi connectivity index (χ2v) is 13.2. The van der Waals surface area contributed by atoms with E-state index in [0.717, 1.165) is 41.5 Å². The minimum absolute atomic E-state index is 0.173. The zero-order valence-corrected chi connectivity index (χ0v) is 30.0. The fraction of sp³-hybridized carbons (Fsp3) is 0.432. The molecule has 1 heterocycles. The zero-order valence-electron chi connectivity index (χ0n) is 30.0. The molecule has 1 fully saturated rings. The molecular weight excluding hydrogens is 640 g/mol. The van der Waals surface area contributed by atoms with Crippen molar-refractivity contribution >= 4 is 5.97 Å². The lowest BCUT2D eigenvalue weighted by Crippen LogP contribution is -2.61. The third kappa shape index (κ3) is 13.3. The van der Waals surface area contributed by atoms with Crippen LogP contribution in [0.25, 0.3) is 0 Å². The van der Waals surface area contributed by atoms with Crippen LogP contribution in [-0.4, -0.2) is 49.7 Å². The van der Waals surface area contributed by atoms with Gasteiger partial charge in [0.15, 0.2) is 0 Å². The standard InChI is InChI=1S/C44H54O7/c1-2-3-4-5-18-27-41(45)47-29-28-39-42(48-31-36-21-12-7-13-22-36)44(50-33-38-25-16-9-17-26-38)43(49-32-37-23-14-8-15-24-37)40(51-39)34-46-30-35-19-10-6-11-20-35/h6-17,19-26,39-40,42-44H,2-5,18,27-34H2,1H3/t39-,40?,42?,43+,44+/m0/s1. The molecule has 4 aromatic carbocycles. The minimum atomic E-state index is -0.507. The van der Waals surface area contributed by atoms with Crippen molar-refractivity contribution in [1.82, 2.24) is 0 Å². The fourth-order valence-electron chi connectivity index (χ4n) is 6.35. The van der Waals surface area contributed by atoms with Crippen LogP contribution in [-0.2, 0) is 59.6 Å². The monoisotopic (exact) mass is 694 g/mol. The third-order valence-corrected chi connectivity index (χ3v) is 9.13. The molecule has 5 atom stereocenters. The Morgan fingerprint density at radius 1 is 0.549 bits per heavy atom. The summed E-state index contributed by atoms with van der Waals surface area (Å²) in [6.45, 7) is 4.26. The molecule has 5 rings (SSSR count). The second-order valence-electron chi connectivity index (χ2n) is 13.2. The zero-order chi connectivity index (χ0) is 35.4. The maximum atomic E-state index is 12.7. The van der Waals surface area contributed by atoms with E-state index in [1.807, 2.05) is 97.1 Å². The van der Waals surface area contributed by atoms with Gasteiger partial charge in [0.2, 0.25) is 0 Å². The van der Waals surface area contributed by atoms with Crippen LogP contribution >= 0.6 is 0 Å². The first-order valence-corrected chi connectivity index (χ1v) is 18.6. The molecule has 0 aromatic heterocycles. The van der Waals surface area contributed by atoms with Crippen LogP contribution in [0.4, 0.5) is 0 Å². The first kappa shape index (κ1) is 38.4. The molecule has 1 aliphatic heterocycles. The van der Waals surface area contributed by atoms with E-state index in [2.05, 4.69) is 31.2 Å². The first-order valence-electron chi connectivity index (χ1n) is 18.6. The van der Waals surface area contributed by atoms with E-state index in [-0.39, 0.29) is 12.6 Å². The number of esters is 1. The van der Waals surface area contributed by atoms with Crippen molar-refractivity contribution in [2.75, 3.05) is 13.2 Å². The summed E-state index contributed by atoms with van der Waals surface area (Å²) in [6, 6.07) is 40.4. The molecule has 0 amide bonds. The van der Waals surface area contributed by atoms with Gasteiger partial charge in [-0.05, 0) is 28.7 Å². The molecule has 0 saturated carbocycles. The van der Waals surface area contributed by atoms with E-state index in [1.165, 1.54) is 12.8 Å². The Labute approximate surface area is 304 Å². The van der Waals surface area contributed by atoms with E-state index in [0.29, 0.717) is 45.9 Å². The van der Waals surface area contributed by atoms with Crippen molar-refractivity contribution in [3.8, 4) is 0 Å². The second kappa shape index (κ2) is 22.2. The van der Waals surface area contributed by atoms with Crippen molar-refractivity contribution < 1.29 is 33.2 Å². The number of unbranched alkanes of at least 4 members (excludes halogenated alkanes) is 4. The van der Waals surface area contributed by atoms with E-state index in [9.17, 15) is 4.79 Å². The highest BCUT2D eigenvalue weighted by molar-refractivity contribution is 5.69. The molecule has 0 aliphatic carbocycles. The lowest BCUT2D eigenvalue weighted by atomic mass is 9.92. The predicted molar refractivity (Wildman–Crippen MR) is 199 cm³/mol. The largest absolute Gasteiger partial charge is 0.466 e. The van der Waals surface area contributed by atoms with Crippen LogP contribution in [0, 0.1) is 0 Å². The third-order valence-electron chi connectivity index (χ3n) is 9.13. The summed E-state index contributed by atoms with van der Waals surface area (Å²) in [5.74, 6) is -0.173. The highest BCUT2D eigenvalue weighted by Gasteiger charge is 2.48. The van der Waals surface area contributed by atoms with Crippen molar-refractivity contribution in [1.29, 1.82) is 0 Å². The summed E-state index contributed by atoms with van der Waals surface area (Å²) in [6.07, 6.45) is 3.86. The van der Waals surface area contributed by atoms with Gasteiger partial charge in [-0.15, -0.1) is 0 Å². The van der Waals surface area contributed by atoms with Gasteiger partial charge in [-0.3, -0.25) is 4.79 Å². The van der Waals surface area contributed by atoms with Crippen LogP contribution in [0.3, 0.4) is 0 Å². The van der Waals surface area contributed by atoms with E-state index in [1.54, 1.807) is 0 Å². The van der Waals surface area contributed by atoms with Crippen LogP contribution in [0.1, 0.15) is 74.1 Å². The molecule has 0 bridgehead atoms. The van der Waals surface area contributed by atoms with Crippen LogP contribution in [0.15, 0.2) is 121 Å². The first-order chi connectivity index (χ1) is 25.2. The number of hydrogen-bond acceptors (Lipinski definition) is 7. The maximum absolute atomic E-state index is 12.7. The number of ether oxygens (including phenoxy) is 6. The number of hydrogen-bond donors (Lipinski definition) is 0. The Morgan fingerprint density at radius 2 is 1.00 bits per heavy atom. The Balaban J connectivity index is 1.37. The molecular formula is C44H54O7. The van der Waals surface area contributed by atoms with Crippen molar-refractivity contribution in [2.24, 2.45) is 0 Å². The Morgan fingerprint density at radius 3 is 1.51 bits per heavy atom. The highest BCUT2D eigenvalue weighted by Crippen LogP contribution is 2.32. The molecule has 51 heavy (non-hydrogen) atoms. The van der Waals surface area contributed by atoms with Gasteiger partial charge >= 0.3 is 5.97 Å². The Bertz CT molecular complexity index is 1490. The molecule has 272 valence electrons. The number of carbonyl (C=O) groups excluding carboxylic acids is 1. The summed E-state index contributed by atoms with van der Waals surface area (Å²) in [5.41, 5.74) is 4.22. The maximum Gasteiger partial charge on any atom is 0.305 e. The lowest BCUT2D eigenvalue weighted by Gasteiger charge is -2.46. The van der Waals surface area contributed by atoms with Gasteiger partial charge in [0.05, 0.1) is 45.7 Å². The van der Waals surface area contributed by atoms with Gasteiger partial charge in [0, 0.05) is 12.8 Å². The quantitative estimate of drug-likeness (QED) is 0.0601. The van der Waals surface area contributed by atoms with Gasteiger partial charge in [0.25, 0.3) is 0 Å².